The number of aromatic nitrogens is 4. The third-order valence-corrected chi connectivity index (χ3v) is 3.47. The second-order valence-corrected chi connectivity index (χ2v) is 6.39. The standard InChI is InChI=1S/C9H19N5O2S/c1-5-10-8(3)9-11-12-13-14(9)7(2)6-17(4,15)16/h7-8,10H,5-6H2,1-4H3. The van der Waals surface area contributed by atoms with Crippen LogP contribution in [0.25, 0.3) is 0 Å². The van der Waals surface area contributed by atoms with E-state index in [-0.39, 0.29) is 17.8 Å². The lowest BCUT2D eigenvalue weighted by Crippen LogP contribution is -2.25. The summed E-state index contributed by atoms with van der Waals surface area (Å²) < 4.78 is 24.1. The lowest BCUT2D eigenvalue weighted by Gasteiger charge is -2.16. The van der Waals surface area contributed by atoms with E-state index in [0.717, 1.165) is 6.54 Å². The van der Waals surface area contributed by atoms with Gasteiger partial charge in [-0.25, -0.2) is 13.1 Å². The highest BCUT2D eigenvalue weighted by Gasteiger charge is 2.20. The van der Waals surface area contributed by atoms with Gasteiger partial charge in [0, 0.05) is 6.26 Å². The Kier molecular flexibility index (Phi) is 4.58. The van der Waals surface area contributed by atoms with Crippen molar-refractivity contribution in [2.75, 3.05) is 18.6 Å². The molecule has 0 saturated carbocycles. The summed E-state index contributed by atoms with van der Waals surface area (Å²) in [6.45, 7) is 6.53. The van der Waals surface area contributed by atoms with Gasteiger partial charge in [-0.15, -0.1) is 5.10 Å². The Morgan fingerprint density at radius 2 is 2.06 bits per heavy atom. The number of rotatable bonds is 6. The van der Waals surface area contributed by atoms with E-state index in [4.69, 9.17) is 0 Å². The van der Waals surface area contributed by atoms with Crippen LogP contribution in [0.1, 0.15) is 38.7 Å². The SMILES string of the molecule is CCNC(C)c1nnnn1C(C)CS(C)(=O)=O. The molecular formula is C9H19N5O2S. The van der Waals surface area contributed by atoms with Gasteiger partial charge in [-0.1, -0.05) is 6.92 Å². The molecule has 17 heavy (non-hydrogen) atoms. The summed E-state index contributed by atoms with van der Waals surface area (Å²) in [5.74, 6) is 0.687. The predicted octanol–water partition coefficient (Wildman–Crippen LogP) is -0.0508. The number of tetrazole rings is 1. The van der Waals surface area contributed by atoms with Crippen molar-refractivity contribution >= 4 is 9.84 Å². The van der Waals surface area contributed by atoms with Crippen LogP contribution in [0.5, 0.6) is 0 Å². The molecule has 0 radical (unpaired) electrons. The molecule has 1 N–H and O–H groups in total. The molecule has 98 valence electrons. The van der Waals surface area contributed by atoms with E-state index >= 15 is 0 Å². The molecule has 2 unspecified atom stereocenters. The van der Waals surface area contributed by atoms with E-state index in [0.29, 0.717) is 5.82 Å². The minimum absolute atomic E-state index is 0.00277. The second kappa shape index (κ2) is 5.54. The van der Waals surface area contributed by atoms with Gasteiger partial charge in [0.25, 0.3) is 0 Å². The smallest absolute Gasteiger partial charge is 0.168 e. The van der Waals surface area contributed by atoms with Crippen molar-refractivity contribution in [3.63, 3.8) is 0 Å². The molecule has 7 nitrogen and oxygen atoms in total. The molecule has 0 saturated heterocycles. The van der Waals surface area contributed by atoms with Gasteiger partial charge in [-0.05, 0) is 30.8 Å². The van der Waals surface area contributed by atoms with Crippen LogP contribution in [0.3, 0.4) is 0 Å². The fraction of sp³-hybridized carbons (Fsp3) is 0.889. The number of sulfone groups is 1. The molecule has 0 aliphatic heterocycles. The average Bonchev–Trinajstić information content (AvgIpc) is 2.63. The Bertz CT molecular complexity index is 456. The number of hydrogen-bond donors (Lipinski definition) is 1. The van der Waals surface area contributed by atoms with Crippen molar-refractivity contribution in [3.8, 4) is 0 Å². The monoisotopic (exact) mass is 261 g/mol. The molecule has 0 aliphatic rings. The zero-order valence-electron chi connectivity index (χ0n) is 10.6. The summed E-state index contributed by atoms with van der Waals surface area (Å²) in [7, 11) is -3.04. The van der Waals surface area contributed by atoms with Crippen LogP contribution in [0.4, 0.5) is 0 Å². The number of hydrogen-bond acceptors (Lipinski definition) is 6. The van der Waals surface area contributed by atoms with Crippen molar-refractivity contribution in [2.24, 2.45) is 0 Å². The Morgan fingerprint density at radius 1 is 1.41 bits per heavy atom. The Labute approximate surface area is 102 Å². The summed E-state index contributed by atoms with van der Waals surface area (Å²) in [5, 5.41) is 14.6. The highest BCUT2D eigenvalue weighted by atomic mass is 32.2. The topological polar surface area (TPSA) is 89.8 Å². The van der Waals surface area contributed by atoms with E-state index in [1.165, 1.54) is 6.26 Å². The van der Waals surface area contributed by atoms with Crippen LogP contribution in [0.15, 0.2) is 0 Å². The minimum Gasteiger partial charge on any atom is -0.308 e. The first-order chi connectivity index (χ1) is 7.85. The van der Waals surface area contributed by atoms with Crippen LogP contribution >= 0.6 is 0 Å². The van der Waals surface area contributed by atoms with Gasteiger partial charge in [0.2, 0.25) is 0 Å². The molecule has 8 heteroatoms. The van der Waals surface area contributed by atoms with Crippen LogP contribution in [0, 0.1) is 0 Å². The van der Waals surface area contributed by atoms with Gasteiger partial charge in [0.15, 0.2) is 5.82 Å². The van der Waals surface area contributed by atoms with Crippen LogP contribution in [-0.2, 0) is 9.84 Å². The summed E-state index contributed by atoms with van der Waals surface area (Å²) >= 11 is 0. The molecule has 1 aromatic heterocycles. The molecule has 0 bridgehead atoms. The molecule has 0 amide bonds. The Hall–Kier alpha value is -1.02. The molecule has 0 aliphatic carbocycles. The van der Waals surface area contributed by atoms with Gasteiger partial charge in [-0.2, -0.15) is 0 Å². The molecule has 0 spiro atoms. The maximum Gasteiger partial charge on any atom is 0.168 e. The van der Waals surface area contributed by atoms with E-state index < -0.39 is 9.84 Å². The van der Waals surface area contributed by atoms with Crippen LogP contribution < -0.4 is 5.32 Å². The van der Waals surface area contributed by atoms with Crippen molar-refractivity contribution < 1.29 is 8.42 Å². The molecule has 2 atom stereocenters. The summed E-state index contributed by atoms with van der Waals surface area (Å²) in [6.07, 6.45) is 1.21. The van der Waals surface area contributed by atoms with Crippen molar-refractivity contribution in [2.45, 2.75) is 32.9 Å². The van der Waals surface area contributed by atoms with E-state index in [2.05, 4.69) is 20.8 Å². The van der Waals surface area contributed by atoms with Crippen LogP contribution in [-0.4, -0.2) is 47.2 Å². The molecule has 0 aromatic carbocycles. The molecule has 1 rings (SSSR count). The zero-order valence-corrected chi connectivity index (χ0v) is 11.4. The Balaban J connectivity index is 2.88. The third kappa shape index (κ3) is 4.04. The summed E-state index contributed by atoms with van der Waals surface area (Å²) in [5.41, 5.74) is 0. The molecular weight excluding hydrogens is 242 g/mol. The molecule has 1 aromatic rings. The normalized spacial score (nSPS) is 15.8. The van der Waals surface area contributed by atoms with E-state index in [1.807, 2.05) is 13.8 Å². The van der Waals surface area contributed by atoms with Crippen molar-refractivity contribution in [1.82, 2.24) is 25.5 Å². The maximum absolute atomic E-state index is 11.2. The highest BCUT2D eigenvalue weighted by Crippen LogP contribution is 2.14. The largest absolute Gasteiger partial charge is 0.308 e. The predicted molar refractivity (Wildman–Crippen MR) is 64.3 cm³/mol. The zero-order chi connectivity index (χ0) is 13.1. The van der Waals surface area contributed by atoms with Crippen molar-refractivity contribution in [3.05, 3.63) is 5.82 Å². The van der Waals surface area contributed by atoms with Gasteiger partial charge in [-0.3, -0.25) is 0 Å². The first-order valence-electron chi connectivity index (χ1n) is 5.54. The number of nitrogens with zero attached hydrogens (tertiary/aromatic N) is 4. The average molecular weight is 261 g/mol. The van der Waals surface area contributed by atoms with Crippen molar-refractivity contribution in [1.29, 1.82) is 0 Å². The van der Waals surface area contributed by atoms with E-state index in [1.54, 1.807) is 11.6 Å². The van der Waals surface area contributed by atoms with Gasteiger partial charge in [0.05, 0.1) is 17.8 Å². The Morgan fingerprint density at radius 3 is 2.59 bits per heavy atom. The molecule has 0 fully saturated rings. The quantitative estimate of drug-likeness (QED) is 0.772. The third-order valence-electron chi connectivity index (χ3n) is 2.38. The van der Waals surface area contributed by atoms with Gasteiger partial charge >= 0.3 is 0 Å². The lowest BCUT2D eigenvalue weighted by molar-refractivity contribution is 0.451. The van der Waals surface area contributed by atoms with Gasteiger partial charge in [0.1, 0.15) is 9.84 Å². The maximum atomic E-state index is 11.2. The molecule has 1 heterocycles. The number of nitrogens with one attached hydrogen (secondary N) is 1. The first-order valence-corrected chi connectivity index (χ1v) is 7.60. The summed E-state index contributed by atoms with van der Waals surface area (Å²) in [4.78, 5) is 0. The van der Waals surface area contributed by atoms with Crippen LogP contribution in [0.2, 0.25) is 0 Å². The fourth-order valence-corrected chi connectivity index (χ4v) is 2.72. The first kappa shape index (κ1) is 14.0. The summed E-state index contributed by atoms with van der Waals surface area (Å²) in [6, 6.07) is -0.270. The highest BCUT2D eigenvalue weighted by molar-refractivity contribution is 7.90. The van der Waals surface area contributed by atoms with E-state index in [9.17, 15) is 8.42 Å². The second-order valence-electron chi connectivity index (χ2n) is 4.20. The lowest BCUT2D eigenvalue weighted by atomic mass is 10.3. The fourth-order valence-electron chi connectivity index (χ4n) is 1.71. The minimum atomic E-state index is -3.04. The van der Waals surface area contributed by atoms with Gasteiger partial charge < -0.3 is 5.32 Å².